The zero-order valence-corrected chi connectivity index (χ0v) is 38.0. The zero-order chi connectivity index (χ0) is 41.0. The molecule has 0 spiro atoms. The van der Waals surface area contributed by atoms with E-state index in [1.54, 1.807) is 0 Å². The molecule has 0 N–H and O–H groups in total. The molecule has 0 saturated carbocycles. The Hall–Kier alpha value is -5.96. The van der Waals surface area contributed by atoms with Crippen LogP contribution in [-0.2, 0) is 0 Å². The van der Waals surface area contributed by atoms with Crippen LogP contribution in [0.4, 0.5) is 0 Å². The lowest BCUT2D eigenvalue weighted by Gasteiger charge is -2.08. The average molecular weight is 899 g/mol. The standard InChI is InChI=1S/C56H34S6/c1-5-15-41-35(11-1)31-36-12-2-6-16-42(36)45(41)23-21-39-33-53(61-55(39)51-19-9-29-57-51)49-27-25-47(59-49)48-26-28-50(60-48)54-34-40(56(62-54)52-20-10-30-58-52)22-24-46-43-17-7-3-13-37(43)32-38-14-4-8-18-44(38)46/h1-34H/b23-21+,24-22+. The van der Waals surface area contributed by atoms with E-state index in [4.69, 9.17) is 0 Å². The van der Waals surface area contributed by atoms with Crippen molar-refractivity contribution in [2.24, 2.45) is 0 Å². The van der Waals surface area contributed by atoms with Crippen molar-refractivity contribution in [3.8, 4) is 48.8 Å². The summed E-state index contributed by atoms with van der Waals surface area (Å²) >= 11 is 11.2. The van der Waals surface area contributed by atoms with E-state index in [1.807, 2.05) is 68.0 Å². The number of hydrogen-bond acceptors (Lipinski definition) is 6. The maximum Gasteiger partial charge on any atom is 0.0521 e. The van der Waals surface area contributed by atoms with Crippen molar-refractivity contribution >= 4 is 135 Å². The molecule has 6 heterocycles. The molecule has 6 heteroatoms. The summed E-state index contributed by atoms with van der Waals surface area (Å²) in [5.41, 5.74) is 5.06. The van der Waals surface area contributed by atoms with Crippen LogP contribution in [0.5, 0.6) is 0 Å². The molecule has 0 nitrogen and oxygen atoms in total. The monoisotopic (exact) mass is 898 g/mol. The predicted octanol–water partition coefficient (Wildman–Crippen LogP) is 19.3. The fourth-order valence-corrected chi connectivity index (χ4v) is 14.8. The van der Waals surface area contributed by atoms with Gasteiger partial charge >= 0.3 is 0 Å². The van der Waals surface area contributed by atoms with Gasteiger partial charge in [0.25, 0.3) is 0 Å². The molecule has 12 aromatic rings. The molecule has 62 heavy (non-hydrogen) atoms. The quantitative estimate of drug-likeness (QED) is 0.127. The summed E-state index contributed by atoms with van der Waals surface area (Å²) in [4.78, 5) is 13.1. The van der Waals surface area contributed by atoms with Gasteiger partial charge in [-0.1, -0.05) is 133 Å². The maximum atomic E-state index is 2.40. The van der Waals surface area contributed by atoms with Gasteiger partial charge in [0.2, 0.25) is 0 Å². The molecule has 0 bridgehead atoms. The Kier molecular flexibility index (Phi) is 9.78. The number of thiophene rings is 6. The van der Waals surface area contributed by atoms with Gasteiger partial charge < -0.3 is 0 Å². The Balaban J connectivity index is 0.876. The van der Waals surface area contributed by atoms with Gasteiger partial charge in [-0.05, 0) is 137 Å². The number of hydrogen-bond donors (Lipinski definition) is 0. The van der Waals surface area contributed by atoms with Crippen LogP contribution in [0.3, 0.4) is 0 Å². The molecular formula is C56H34S6. The molecule has 0 saturated heterocycles. The molecule has 0 fully saturated rings. The summed E-state index contributed by atoms with van der Waals surface area (Å²) < 4.78 is 0. The van der Waals surface area contributed by atoms with E-state index in [-0.39, 0.29) is 0 Å². The summed E-state index contributed by atoms with van der Waals surface area (Å²) in [6, 6.07) is 62.4. The van der Waals surface area contributed by atoms with Gasteiger partial charge in [0, 0.05) is 39.0 Å². The van der Waals surface area contributed by atoms with Crippen molar-refractivity contribution in [2.45, 2.75) is 0 Å². The average Bonchev–Trinajstić information content (AvgIpc) is 4.17. The van der Waals surface area contributed by atoms with E-state index in [0.29, 0.717) is 0 Å². The van der Waals surface area contributed by atoms with Crippen molar-refractivity contribution in [2.75, 3.05) is 0 Å². The van der Waals surface area contributed by atoms with Gasteiger partial charge in [0.15, 0.2) is 0 Å². The van der Waals surface area contributed by atoms with Crippen LogP contribution in [0, 0.1) is 0 Å². The zero-order valence-electron chi connectivity index (χ0n) is 33.1. The third-order valence-corrected chi connectivity index (χ3v) is 18.6. The molecule has 0 aliphatic carbocycles. The lowest BCUT2D eigenvalue weighted by atomic mass is 9.96. The van der Waals surface area contributed by atoms with E-state index in [0.717, 1.165) is 0 Å². The van der Waals surface area contributed by atoms with Crippen LogP contribution < -0.4 is 0 Å². The maximum absolute atomic E-state index is 2.40. The Bertz CT molecular complexity index is 3290. The molecular weight excluding hydrogens is 865 g/mol. The molecule has 0 aliphatic heterocycles. The van der Waals surface area contributed by atoms with Crippen molar-refractivity contribution in [3.05, 3.63) is 203 Å². The first kappa shape index (κ1) is 37.8. The number of benzene rings is 6. The predicted molar refractivity (Wildman–Crippen MR) is 282 cm³/mol. The fourth-order valence-electron chi connectivity index (χ4n) is 8.51. The van der Waals surface area contributed by atoms with E-state index in [1.165, 1.54) is 114 Å². The lowest BCUT2D eigenvalue weighted by Crippen LogP contribution is -1.83. The van der Waals surface area contributed by atoms with Crippen LogP contribution in [0.1, 0.15) is 22.3 Å². The van der Waals surface area contributed by atoms with Crippen LogP contribution in [0.25, 0.3) is 116 Å². The number of rotatable bonds is 9. The molecule has 6 aromatic heterocycles. The minimum absolute atomic E-state index is 1.26. The largest absolute Gasteiger partial charge is 0.143 e. The van der Waals surface area contributed by atoms with E-state index >= 15 is 0 Å². The molecule has 0 radical (unpaired) electrons. The summed E-state index contributed by atoms with van der Waals surface area (Å²) in [7, 11) is 0. The highest BCUT2D eigenvalue weighted by atomic mass is 32.1. The van der Waals surface area contributed by atoms with Crippen LogP contribution >= 0.6 is 68.0 Å². The van der Waals surface area contributed by atoms with Crippen LogP contribution in [0.15, 0.2) is 181 Å². The second kappa shape index (κ2) is 16.1. The Morgan fingerprint density at radius 3 is 0.984 bits per heavy atom. The normalized spacial score (nSPS) is 12.1. The minimum Gasteiger partial charge on any atom is -0.143 e. The Morgan fingerprint density at radius 1 is 0.274 bits per heavy atom. The summed E-state index contributed by atoms with van der Waals surface area (Å²) in [5, 5.41) is 14.5. The van der Waals surface area contributed by atoms with Gasteiger partial charge in [0.1, 0.15) is 0 Å². The molecule has 12 rings (SSSR count). The van der Waals surface area contributed by atoms with Crippen LogP contribution in [-0.4, -0.2) is 0 Å². The SMILES string of the molecule is C(=C\c1c2ccccc2cc2ccccc12)/c1cc(-c2ccc(-c3ccc(-c4cc(/C=C/c5c6ccccc6cc6ccccc56)c(-c5cccs5)s4)s3)s2)sc1-c1cccs1. The molecule has 0 atom stereocenters. The van der Waals surface area contributed by atoms with Crippen LogP contribution in [0.2, 0.25) is 0 Å². The van der Waals surface area contributed by atoms with Gasteiger partial charge in [-0.3, -0.25) is 0 Å². The van der Waals surface area contributed by atoms with E-state index in [2.05, 4.69) is 205 Å². The highest BCUT2D eigenvalue weighted by Gasteiger charge is 2.18. The van der Waals surface area contributed by atoms with E-state index < -0.39 is 0 Å². The first-order chi connectivity index (χ1) is 30.7. The van der Waals surface area contributed by atoms with Gasteiger partial charge in [-0.15, -0.1) is 68.0 Å². The van der Waals surface area contributed by atoms with Crippen molar-refractivity contribution in [1.82, 2.24) is 0 Å². The topological polar surface area (TPSA) is 0 Å². The molecule has 6 aromatic carbocycles. The Labute approximate surface area is 383 Å². The summed E-state index contributed by atoms with van der Waals surface area (Å²) in [5.74, 6) is 0. The second-order valence-electron chi connectivity index (χ2n) is 15.2. The summed E-state index contributed by atoms with van der Waals surface area (Å²) in [6.45, 7) is 0. The highest BCUT2D eigenvalue weighted by Crippen LogP contribution is 2.48. The summed E-state index contributed by atoms with van der Waals surface area (Å²) in [6.07, 6.45) is 9.34. The van der Waals surface area contributed by atoms with Crippen molar-refractivity contribution in [1.29, 1.82) is 0 Å². The fraction of sp³-hybridized carbons (Fsp3) is 0. The van der Waals surface area contributed by atoms with Gasteiger partial charge in [0.05, 0.1) is 9.75 Å². The molecule has 0 aliphatic rings. The second-order valence-corrected chi connectivity index (χ2v) is 21.4. The molecule has 0 unspecified atom stereocenters. The van der Waals surface area contributed by atoms with Crippen molar-refractivity contribution in [3.63, 3.8) is 0 Å². The third-order valence-electron chi connectivity index (χ3n) is 11.4. The third kappa shape index (κ3) is 6.94. The van der Waals surface area contributed by atoms with Gasteiger partial charge in [-0.2, -0.15) is 0 Å². The lowest BCUT2D eigenvalue weighted by molar-refractivity contribution is 1.74. The highest BCUT2D eigenvalue weighted by molar-refractivity contribution is 7.30. The number of fused-ring (bicyclic) bond motifs is 4. The molecule has 0 amide bonds. The smallest absolute Gasteiger partial charge is 0.0521 e. The first-order valence-corrected chi connectivity index (χ1v) is 25.5. The molecule has 294 valence electrons. The Morgan fingerprint density at radius 2 is 0.629 bits per heavy atom. The minimum atomic E-state index is 1.26. The first-order valence-electron chi connectivity index (χ1n) is 20.4. The van der Waals surface area contributed by atoms with Crippen molar-refractivity contribution < 1.29 is 0 Å². The van der Waals surface area contributed by atoms with Gasteiger partial charge in [-0.25, -0.2) is 0 Å². The van der Waals surface area contributed by atoms with E-state index in [9.17, 15) is 0 Å².